The monoisotopic (exact) mass is 367 g/mol. The van der Waals surface area contributed by atoms with Crippen molar-refractivity contribution in [3.63, 3.8) is 0 Å². The van der Waals surface area contributed by atoms with Crippen molar-refractivity contribution in [1.82, 2.24) is 19.9 Å². The summed E-state index contributed by atoms with van der Waals surface area (Å²) in [7, 11) is 0. The van der Waals surface area contributed by atoms with Gasteiger partial charge in [-0.2, -0.15) is 0 Å². The molecule has 0 saturated carbocycles. The number of benzene rings is 1. The Kier molecular flexibility index (Phi) is 4.79. The van der Waals surface area contributed by atoms with Crippen LogP contribution in [-0.2, 0) is 0 Å². The van der Waals surface area contributed by atoms with E-state index in [2.05, 4.69) is 21.4 Å². The molecule has 134 valence electrons. The molecule has 0 aliphatic carbocycles. The van der Waals surface area contributed by atoms with Crippen molar-refractivity contribution in [2.75, 3.05) is 25.0 Å². The van der Waals surface area contributed by atoms with Gasteiger partial charge in [-0.25, -0.2) is 15.0 Å². The normalized spacial score (nSPS) is 17.4. The number of hydrogen-bond donors (Lipinski definition) is 1. The number of anilines is 1. The Bertz CT molecular complexity index is 875. The maximum absolute atomic E-state index is 12.8. The first-order valence-electron chi connectivity index (χ1n) is 8.95. The summed E-state index contributed by atoms with van der Waals surface area (Å²) in [5.41, 5.74) is 1.58. The number of carbonyl (C=O) groups excluding carboxylic acids is 1. The van der Waals surface area contributed by atoms with Crippen molar-refractivity contribution in [3.05, 3.63) is 47.2 Å². The van der Waals surface area contributed by atoms with Gasteiger partial charge >= 0.3 is 0 Å². The number of rotatable bonds is 4. The highest BCUT2D eigenvalue weighted by Crippen LogP contribution is 2.33. The molecule has 26 heavy (non-hydrogen) atoms. The lowest BCUT2D eigenvalue weighted by Gasteiger charge is -2.31. The molecule has 1 fully saturated rings. The molecule has 1 aliphatic heterocycles. The van der Waals surface area contributed by atoms with E-state index in [1.807, 2.05) is 30.0 Å². The maximum atomic E-state index is 12.8. The van der Waals surface area contributed by atoms with Crippen LogP contribution in [0.5, 0.6) is 0 Å². The van der Waals surface area contributed by atoms with Crippen LogP contribution >= 0.6 is 11.3 Å². The highest BCUT2D eigenvalue weighted by Gasteiger charge is 2.27. The molecular formula is C19H21N5OS. The Morgan fingerprint density at radius 1 is 1.31 bits per heavy atom. The predicted molar refractivity (Wildman–Crippen MR) is 104 cm³/mol. The van der Waals surface area contributed by atoms with Gasteiger partial charge in [0.15, 0.2) is 0 Å². The minimum Gasteiger partial charge on any atom is -0.355 e. The van der Waals surface area contributed by atoms with E-state index in [0.717, 1.165) is 36.5 Å². The first kappa shape index (κ1) is 16.9. The van der Waals surface area contributed by atoms with E-state index in [1.54, 1.807) is 23.7 Å². The molecule has 1 aromatic carbocycles. The number of hydrogen-bond acceptors (Lipinski definition) is 6. The molecular weight excluding hydrogens is 346 g/mol. The highest BCUT2D eigenvalue weighted by molar-refractivity contribution is 7.18. The lowest BCUT2D eigenvalue weighted by Crippen LogP contribution is -2.39. The molecule has 3 aromatic rings. The summed E-state index contributed by atoms with van der Waals surface area (Å²) in [6.07, 6.45) is 5.27. The van der Waals surface area contributed by atoms with E-state index < -0.39 is 0 Å². The number of likely N-dealkylation sites (tertiary alicyclic amines) is 1. The van der Waals surface area contributed by atoms with Gasteiger partial charge in [0.2, 0.25) is 5.95 Å². The molecule has 7 heteroatoms. The van der Waals surface area contributed by atoms with Gasteiger partial charge in [-0.1, -0.05) is 12.1 Å². The molecule has 6 nitrogen and oxygen atoms in total. The topological polar surface area (TPSA) is 71.0 Å². The summed E-state index contributed by atoms with van der Waals surface area (Å²) in [5, 5.41) is 4.17. The largest absolute Gasteiger partial charge is 0.355 e. The number of nitrogens with one attached hydrogen (secondary N) is 1. The minimum atomic E-state index is -0.00106. The van der Waals surface area contributed by atoms with Crippen molar-refractivity contribution in [2.45, 2.75) is 25.7 Å². The molecule has 1 saturated heterocycles. The van der Waals surface area contributed by atoms with Gasteiger partial charge in [-0.3, -0.25) is 4.79 Å². The zero-order valence-electron chi connectivity index (χ0n) is 14.7. The summed E-state index contributed by atoms with van der Waals surface area (Å²) in [4.78, 5) is 27.9. The fraction of sp³-hybridized carbons (Fsp3) is 0.368. The van der Waals surface area contributed by atoms with Gasteiger partial charge < -0.3 is 10.2 Å². The number of carbonyl (C=O) groups is 1. The number of para-hydroxylation sites is 1. The average molecular weight is 367 g/mol. The van der Waals surface area contributed by atoms with E-state index in [4.69, 9.17) is 4.98 Å². The smallest absolute Gasteiger partial charge is 0.257 e. The Labute approximate surface area is 156 Å². The van der Waals surface area contributed by atoms with Gasteiger partial charge in [-0.05, 0) is 31.9 Å². The predicted octanol–water partition coefficient (Wildman–Crippen LogP) is 3.54. The fourth-order valence-corrected chi connectivity index (χ4v) is 4.39. The number of nitrogens with zero attached hydrogens (tertiary/aromatic N) is 4. The third kappa shape index (κ3) is 3.39. The van der Waals surface area contributed by atoms with Crippen molar-refractivity contribution in [2.24, 2.45) is 0 Å². The van der Waals surface area contributed by atoms with Crippen molar-refractivity contribution in [3.8, 4) is 0 Å². The van der Waals surface area contributed by atoms with Crippen LogP contribution in [0.4, 0.5) is 5.95 Å². The van der Waals surface area contributed by atoms with Crippen molar-refractivity contribution in [1.29, 1.82) is 0 Å². The van der Waals surface area contributed by atoms with E-state index in [0.29, 0.717) is 24.0 Å². The summed E-state index contributed by atoms with van der Waals surface area (Å²) < 4.78 is 1.21. The molecule has 4 rings (SSSR count). The van der Waals surface area contributed by atoms with Crippen LogP contribution in [0.25, 0.3) is 10.2 Å². The van der Waals surface area contributed by atoms with Crippen LogP contribution in [0.2, 0.25) is 0 Å². The molecule has 1 aliphatic rings. The summed E-state index contributed by atoms with van der Waals surface area (Å²) >= 11 is 1.74. The van der Waals surface area contributed by atoms with Gasteiger partial charge in [0.05, 0.1) is 20.8 Å². The zero-order chi connectivity index (χ0) is 17.9. The van der Waals surface area contributed by atoms with Crippen molar-refractivity contribution < 1.29 is 4.79 Å². The first-order chi connectivity index (χ1) is 12.7. The fourth-order valence-electron chi connectivity index (χ4n) is 3.30. The average Bonchev–Trinajstić information content (AvgIpc) is 3.13. The van der Waals surface area contributed by atoms with Gasteiger partial charge in [0.1, 0.15) is 0 Å². The molecule has 0 spiro atoms. The second-order valence-corrected chi connectivity index (χ2v) is 7.50. The molecule has 1 amide bonds. The quantitative estimate of drug-likeness (QED) is 0.764. The third-order valence-corrected chi connectivity index (χ3v) is 5.80. The molecule has 3 heterocycles. The van der Waals surface area contributed by atoms with E-state index in [-0.39, 0.29) is 5.91 Å². The SMILES string of the molecule is CCNc1ncc(C(=O)N2CCC[C@@H](c3nc4ccccc4s3)C2)cn1. The van der Waals surface area contributed by atoms with Crippen LogP contribution in [0.15, 0.2) is 36.7 Å². The Morgan fingerprint density at radius 2 is 2.12 bits per heavy atom. The lowest BCUT2D eigenvalue weighted by molar-refractivity contribution is 0.0706. The standard InChI is InChI=1S/C19H21N5OS/c1-2-20-19-21-10-14(11-22-19)18(25)24-9-5-6-13(12-24)17-23-15-7-3-4-8-16(15)26-17/h3-4,7-8,10-11,13H,2,5-6,9,12H2,1H3,(H,20,21,22)/t13-/m1/s1. The number of fused-ring (bicyclic) bond motifs is 1. The summed E-state index contributed by atoms with van der Waals surface area (Å²) in [5.74, 6) is 0.848. The minimum absolute atomic E-state index is 0.00106. The van der Waals surface area contributed by atoms with Crippen LogP contribution < -0.4 is 5.32 Å². The maximum Gasteiger partial charge on any atom is 0.257 e. The molecule has 0 radical (unpaired) electrons. The zero-order valence-corrected chi connectivity index (χ0v) is 15.5. The summed E-state index contributed by atoms with van der Waals surface area (Å²) in [6.45, 7) is 4.21. The Balaban J connectivity index is 1.49. The Morgan fingerprint density at radius 3 is 2.88 bits per heavy atom. The second kappa shape index (κ2) is 7.37. The van der Waals surface area contributed by atoms with Crippen LogP contribution in [0, 0.1) is 0 Å². The van der Waals surface area contributed by atoms with Gasteiger partial charge in [-0.15, -0.1) is 11.3 Å². The lowest BCUT2D eigenvalue weighted by atomic mass is 9.98. The molecule has 0 unspecified atom stereocenters. The van der Waals surface area contributed by atoms with Crippen molar-refractivity contribution >= 4 is 33.4 Å². The molecule has 0 bridgehead atoms. The molecule has 1 atom stereocenters. The van der Waals surface area contributed by atoms with Gasteiger partial charge in [0.25, 0.3) is 5.91 Å². The number of thiazole rings is 1. The highest BCUT2D eigenvalue weighted by atomic mass is 32.1. The number of amides is 1. The number of aromatic nitrogens is 3. The Hall–Kier alpha value is -2.54. The van der Waals surface area contributed by atoms with E-state index in [9.17, 15) is 4.79 Å². The number of piperidine rings is 1. The van der Waals surface area contributed by atoms with E-state index >= 15 is 0 Å². The van der Waals surface area contributed by atoms with Crippen LogP contribution in [0.1, 0.15) is 41.0 Å². The van der Waals surface area contributed by atoms with Crippen LogP contribution in [-0.4, -0.2) is 45.4 Å². The summed E-state index contributed by atoms with van der Waals surface area (Å²) in [6, 6.07) is 8.20. The molecule has 1 N–H and O–H groups in total. The molecule has 2 aromatic heterocycles. The van der Waals surface area contributed by atoms with Gasteiger partial charge in [0, 0.05) is 37.9 Å². The third-order valence-electron chi connectivity index (χ3n) is 4.60. The van der Waals surface area contributed by atoms with E-state index in [1.165, 1.54) is 4.70 Å². The second-order valence-electron chi connectivity index (χ2n) is 6.44. The first-order valence-corrected chi connectivity index (χ1v) is 9.77. The van der Waals surface area contributed by atoms with Crippen LogP contribution in [0.3, 0.4) is 0 Å².